The summed E-state index contributed by atoms with van der Waals surface area (Å²) in [5, 5.41) is 17.9. The molecule has 0 aliphatic heterocycles. The second-order valence-corrected chi connectivity index (χ2v) is 5.15. The van der Waals surface area contributed by atoms with E-state index in [1.54, 1.807) is 0 Å². The summed E-state index contributed by atoms with van der Waals surface area (Å²) in [5.41, 5.74) is 5.34. The van der Waals surface area contributed by atoms with Gasteiger partial charge < -0.3 is 14.6 Å². The Morgan fingerprint density at radius 1 is 1.30 bits per heavy atom. The summed E-state index contributed by atoms with van der Waals surface area (Å²) in [6, 6.07) is 0.116. The molecule has 1 amide bonds. The molecule has 2 aromatic rings. The second kappa shape index (κ2) is 5.59. The largest absolute Gasteiger partial charge is 0.415 e. The van der Waals surface area contributed by atoms with Crippen molar-refractivity contribution in [2.45, 2.75) is 30.5 Å². The molecule has 9 nitrogen and oxygen atoms in total. The Hall–Kier alpha value is -1.94. The van der Waals surface area contributed by atoms with E-state index in [0.29, 0.717) is 22.9 Å². The molecule has 0 radical (unpaired) electrons. The second-order valence-electron chi connectivity index (χ2n) is 4.22. The van der Waals surface area contributed by atoms with Crippen molar-refractivity contribution in [2.24, 2.45) is 5.73 Å². The molecule has 0 atom stereocenters. The minimum absolute atomic E-state index is 0.105. The normalized spacial score (nSPS) is 14.4. The monoisotopic (exact) mass is 296 g/mol. The van der Waals surface area contributed by atoms with Gasteiger partial charge in [0.05, 0.1) is 12.3 Å². The topological polar surface area (TPSA) is 133 Å². The van der Waals surface area contributed by atoms with Crippen LogP contribution in [0.2, 0.25) is 0 Å². The molecule has 3 rings (SSSR count). The van der Waals surface area contributed by atoms with E-state index < -0.39 is 0 Å². The Kier molecular flexibility index (Phi) is 3.65. The number of hydrogen-bond acceptors (Lipinski definition) is 9. The van der Waals surface area contributed by atoms with Gasteiger partial charge in [-0.2, -0.15) is 0 Å². The Balaban J connectivity index is 1.48. The maximum absolute atomic E-state index is 11.7. The molecule has 2 aromatic heterocycles. The maximum atomic E-state index is 11.7. The number of carbonyl (C=O) groups excluding carboxylic acids is 1. The average molecular weight is 296 g/mol. The summed E-state index contributed by atoms with van der Waals surface area (Å²) in [4.78, 5) is 11.7. The van der Waals surface area contributed by atoms with Crippen molar-refractivity contribution in [1.29, 1.82) is 0 Å². The quantitative estimate of drug-likeness (QED) is 0.731. The molecule has 106 valence electrons. The molecule has 3 N–H and O–H groups in total. The van der Waals surface area contributed by atoms with Gasteiger partial charge >= 0.3 is 6.01 Å². The predicted octanol–water partition coefficient (Wildman–Crippen LogP) is 0.519. The number of nitrogens with one attached hydrogen (secondary N) is 1. The fourth-order valence-corrected chi connectivity index (χ4v) is 2.02. The lowest BCUT2D eigenvalue weighted by Crippen LogP contribution is -2.14. The van der Waals surface area contributed by atoms with Gasteiger partial charge in [-0.3, -0.25) is 10.1 Å². The fraction of sp³-hybridized carbons (Fsp3) is 0.500. The highest BCUT2D eigenvalue weighted by Gasteiger charge is 2.29. The molecule has 0 spiro atoms. The molecular weight excluding hydrogens is 284 g/mol. The summed E-state index contributed by atoms with van der Waals surface area (Å²) in [6.45, 7) is 0.172. The van der Waals surface area contributed by atoms with Crippen LogP contribution in [0.5, 0.6) is 0 Å². The molecule has 1 fully saturated rings. The smallest absolute Gasteiger partial charge is 0.322 e. The lowest BCUT2D eigenvalue weighted by Gasteiger charge is -1.97. The Bertz CT molecular complexity index is 608. The van der Waals surface area contributed by atoms with Crippen molar-refractivity contribution in [1.82, 2.24) is 20.4 Å². The molecule has 1 saturated carbocycles. The zero-order chi connectivity index (χ0) is 13.9. The number of nitrogens with zero attached hydrogens (tertiary/aromatic N) is 4. The number of carbonyl (C=O) groups is 1. The van der Waals surface area contributed by atoms with Crippen LogP contribution in [0.25, 0.3) is 0 Å². The number of amides is 1. The van der Waals surface area contributed by atoms with E-state index >= 15 is 0 Å². The van der Waals surface area contributed by atoms with Crippen LogP contribution in [0, 0.1) is 0 Å². The summed E-state index contributed by atoms with van der Waals surface area (Å²) >= 11 is 1.11. The Labute approximate surface area is 117 Å². The zero-order valence-electron chi connectivity index (χ0n) is 10.4. The van der Waals surface area contributed by atoms with Gasteiger partial charge in [0, 0.05) is 5.92 Å². The summed E-state index contributed by atoms with van der Waals surface area (Å²) in [7, 11) is 0. The van der Waals surface area contributed by atoms with E-state index in [4.69, 9.17) is 14.6 Å². The van der Waals surface area contributed by atoms with Crippen LogP contribution < -0.4 is 11.1 Å². The summed E-state index contributed by atoms with van der Waals surface area (Å²) < 4.78 is 10.5. The molecule has 1 aliphatic rings. The van der Waals surface area contributed by atoms with Crippen LogP contribution in [-0.2, 0) is 11.3 Å². The molecule has 0 unspecified atom stereocenters. The SMILES string of the molecule is NCc1nnc(SCC(=O)Nc2nnc(C3CC3)o2)o1. The van der Waals surface area contributed by atoms with E-state index in [0.717, 1.165) is 24.6 Å². The first-order valence-corrected chi connectivity index (χ1v) is 7.01. The highest BCUT2D eigenvalue weighted by Crippen LogP contribution is 2.39. The molecule has 0 bridgehead atoms. The van der Waals surface area contributed by atoms with Gasteiger partial charge in [-0.25, -0.2) is 0 Å². The van der Waals surface area contributed by atoms with Crippen LogP contribution in [0.3, 0.4) is 0 Å². The number of thioether (sulfide) groups is 1. The molecule has 1 aliphatic carbocycles. The predicted molar refractivity (Wildman–Crippen MR) is 67.8 cm³/mol. The van der Waals surface area contributed by atoms with Crippen LogP contribution in [0.4, 0.5) is 6.01 Å². The zero-order valence-corrected chi connectivity index (χ0v) is 11.2. The third-order valence-corrected chi connectivity index (χ3v) is 3.38. The highest BCUT2D eigenvalue weighted by molar-refractivity contribution is 7.99. The van der Waals surface area contributed by atoms with E-state index in [2.05, 4.69) is 25.7 Å². The van der Waals surface area contributed by atoms with Crippen molar-refractivity contribution in [2.75, 3.05) is 11.1 Å². The third kappa shape index (κ3) is 3.14. The van der Waals surface area contributed by atoms with Crippen molar-refractivity contribution in [3.8, 4) is 0 Å². The van der Waals surface area contributed by atoms with E-state index in [9.17, 15) is 4.79 Å². The molecule has 10 heteroatoms. The maximum Gasteiger partial charge on any atom is 0.322 e. The number of anilines is 1. The molecular formula is C10H12N6O3S. The minimum atomic E-state index is -0.284. The third-order valence-electron chi connectivity index (χ3n) is 2.56. The standard InChI is InChI=1S/C10H12N6O3S/c11-3-7-13-16-10(18-7)20-4-6(17)12-9-15-14-8(19-9)5-1-2-5/h5H,1-4,11H2,(H,12,15,17). The van der Waals surface area contributed by atoms with Gasteiger partial charge in [0.2, 0.25) is 17.7 Å². The van der Waals surface area contributed by atoms with Gasteiger partial charge in [-0.15, -0.1) is 15.3 Å². The first kappa shape index (κ1) is 13.1. The van der Waals surface area contributed by atoms with Crippen LogP contribution in [0.15, 0.2) is 14.1 Å². The van der Waals surface area contributed by atoms with Gasteiger partial charge in [0.25, 0.3) is 5.22 Å². The van der Waals surface area contributed by atoms with E-state index in [1.165, 1.54) is 0 Å². The van der Waals surface area contributed by atoms with Crippen molar-refractivity contribution in [3.63, 3.8) is 0 Å². The summed E-state index contributed by atoms with van der Waals surface area (Å²) in [5.74, 6) is 1.09. The van der Waals surface area contributed by atoms with Crippen molar-refractivity contribution in [3.05, 3.63) is 11.8 Å². The van der Waals surface area contributed by atoms with Crippen LogP contribution in [-0.4, -0.2) is 32.1 Å². The molecule has 20 heavy (non-hydrogen) atoms. The van der Waals surface area contributed by atoms with Gasteiger partial charge in [0.1, 0.15) is 0 Å². The van der Waals surface area contributed by atoms with Crippen molar-refractivity contribution >= 4 is 23.7 Å². The Morgan fingerprint density at radius 3 is 2.85 bits per heavy atom. The molecule has 0 saturated heterocycles. The minimum Gasteiger partial charge on any atom is -0.415 e. The lowest BCUT2D eigenvalue weighted by atomic mass is 10.4. The van der Waals surface area contributed by atoms with Crippen molar-refractivity contribution < 1.29 is 13.6 Å². The van der Waals surface area contributed by atoms with Gasteiger partial charge in [-0.05, 0) is 12.8 Å². The number of aromatic nitrogens is 4. The number of nitrogens with two attached hydrogens (primary N) is 1. The van der Waals surface area contributed by atoms with E-state index in [-0.39, 0.29) is 24.2 Å². The van der Waals surface area contributed by atoms with E-state index in [1.807, 2.05) is 0 Å². The van der Waals surface area contributed by atoms with Gasteiger partial charge in [-0.1, -0.05) is 16.9 Å². The summed E-state index contributed by atoms with van der Waals surface area (Å²) in [6.07, 6.45) is 2.12. The first-order chi connectivity index (χ1) is 9.74. The van der Waals surface area contributed by atoms with Crippen LogP contribution in [0.1, 0.15) is 30.5 Å². The highest BCUT2D eigenvalue weighted by atomic mass is 32.2. The van der Waals surface area contributed by atoms with Gasteiger partial charge in [0.15, 0.2) is 0 Å². The average Bonchev–Trinajstić information content (AvgIpc) is 3.02. The first-order valence-electron chi connectivity index (χ1n) is 6.03. The Morgan fingerprint density at radius 2 is 2.15 bits per heavy atom. The molecule has 2 heterocycles. The van der Waals surface area contributed by atoms with Crippen LogP contribution >= 0.6 is 11.8 Å². The fourth-order valence-electron chi connectivity index (χ4n) is 1.44. The number of rotatable bonds is 6. The number of hydrogen-bond donors (Lipinski definition) is 2. The lowest BCUT2D eigenvalue weighted by molar-refractivity contribution is -0.113. The molecule has 0 aromatic carbocycles.